The third-order valence-corrected chi connectivity index (χ3v) is 5.13. The van der Waals surface area contributed by atoms with Crippen LogP contribution in [0.15, 0.2) is 73.2 Å². The minimum Gasteiger partial charge on any atom is -0.354 e. The van der Waals surface area contributed by atoms with Gasteiger partial charge in [0.15, 0.2) is 5.82 Å². The molecule has 1 amide bonds. The van der Waals surface area contributed by atoms with E-state index in [1.165, 1.54) is 0 Å². The van der Waals surface area contributed by atoms with Crippen LogP contribution in [0.3, 0.4) is 0 Å². The van der Waals surface area contributed by atoms with Gasteiger partial charge in [0.05, 0.1) is 19.2 Å². The summed E-state index contributed by atoms with van der Waals surface area (Å²) in [6, 6.07) is 17.4. The number of benzene rings is 2. The quantitative estimate of drug-likeness (QED) is 0.493. The number of nitrogens with zero attached hydrogens (tertiary/aromatic N) is 4. The van der Waals surface area contributed by atoms with Crippen LogP contribution in [0.5, 0.6) is 0 Å². The van der Waals surface area contributed by atoms with Crippen molar-refractivity contribution in [1.29, 1.82) is 0 Å². The topological polar surface area (TPSA) is 64.7 Å². The maximum Gasteiger partial charge on any atom is 0.224 e. The molecule has 30 heavy (non-hydrogen) atoms. The summed E-state index contributed by atoms with van der Waals surface area (Å²) in [6.45, 7) is 1.02. The van der Waals surface area contributed by atoms with Crippen LogP contribution in [0.25, 0.3) is 22.6 Å². The first-order chi connectivity index (χ1) is 14.6. The molecule has 0 unspecified atom stereocenters. The van der Waals surface area contributed by atoms with Gasteiger partial charge < -0.3 is 9.88 Å². The number of aromatic nitrogens is 4. The van der Waals surface area contributed by atoms with Crippen LogP contribution < -0.4 is 5.32 Å². The van der Waals surface area contributed by atoms with Crippen LogP contribution in [-0.4, -0.2) is 31.8 Å². The fourth-order valence-electron chi connectivity index (χ4n) is 3.37. The molecule has 0 bridgehead atoms. The molecule has 152 valence electrons. The SMILES string of the molecule is Cn1ccnc1-c1c(-c2ccc(Cl)cc2)cnn1CCNC(=O)Cc1ccccc1. The van der Waals surface area contributed by atoms with Crippen molar-refractivity contribution in [2.24, 2.45) is 7.05 Å². The van der Waals surface area contributed by atoms with Gasteiger partial charge in [0, 0.05) is 36.6 Å². The van der Waals surface area contributed by atoms with Gasteiger partial charge >= 0.3 is 0 Å². The van der Waals surface area contributed by atoms with Gasteiger partial charge in [-0.2, -0.15) is 5.10 Å². The average molecular weight is 420 g/mol. The largest absolute Gasteiger partial charge is 0.354 e. The lowest BCUT2D eigenvalue weighted by atomic mass is 10.1. The van der Waals surface area contributed by atoms with Crippen LogP contribution in [0.1, 0.15) is 5.56 Å². The molecule has 4 aromatic rings. The van der Waals surface area contributed by atoms with Crippen molar-refractivity contribution in [2.45, 2.75) is 13.0 Å². The second-order valence-electron chi connectivity index (χ2n) is 7.01. The number of imidazole rings is 1. The number of hydrogen-bond donors (Lipinski definition) is 1. The summed E-state index contributed by atoms with van der Waals surface area (Å²) in [5.74, 6) is 0.804. The molecule has 0 atom stereocenters. The van der Waals surface area contributed by atoms with E-state index in [0.29, 0.717) is 24.5 Å². The minimum absolute atomic E-state index is 0.00942. The highest BCUT2D eigenvalue weighted by molar-refractivity contribution is 6.30. The Balaban J connectivity index is 1.52. The summed E-state index contributed by atoms with van der Waals surface area (Å²) in [6.07, 6.45) is 5.86. The molecule has 0 saturated heterocycles. The lowest BCUT2D eigenvalue weighted by molar-refractivity contribution is -0.120. The highest BCUT2D eigenvalue weighted by atomic mass is 35.5. The molecular weight excluding hydrogens is 398 g/mol. The van der Waals surface area contributed by atoms with E-state index in [9.17, 15) is 4.79 Å². The summed E-state index contributed by atoms with van der Waals surface area (Å²) < 4.78 is 3.84. The average Bonchev–Trinajstić information content (AvgIpc) is 3.35. The van der Waals surface area contributed by atoms with Crippen molar-refractivity contribution < 1.29 is 4.79 Å². The van der Waals surface area contributed by atoms with Gasteiger partial charge in [0.1, 0.15) is 5.69 Å². The van der Waals surface area contributed by atoms with Crippen molar-refractivity contribution >= 4 is 17.5 Å². The van der Waals surface area contributed by atoms with Crippen LogP contribution in [0.2, 0.25) is 5.02 Å². The number of aryl methyl sites for hydroxylation is 1. The highest BCUT2D eigenvalue weighted by Gasteiger charge is 2.18. The van der Waals surface area contributed by atoms with E-state index < -0.39 is 0 Å². The zero-order chi connectivity index (χ0) is 20.9. The number of carbonyl (C=O) groups excluding carboxylic acids is 1. The monoisotopic (exact) mass is 419 g/mol. The van der Waals surface area contributed by atoms with Crippen molar-refractivity contribution in [3.05, 3.63) is 83.8 Å². The van der Waals surface area contributed by atoms with E-state index in [0.717, 1.165) is 28.2 Å². The van der Waals surface area contributed by atoms with Gasteiger partial charge in [0.25, 0.3) is 0 Å². The smallest absolute Gasteiger partial charge is 0.224 e. The zero-order valence-corrected chi connectivity index (χ0v) is 17.4. The number of nitrogens with one attached hydrogen (secondary N) is 1. The Morgan fingerprint density at radius 3 is 2.57 bits per heavy atom. The number of amides is 1. The molecule has 2 heterocycles. The maximum absolute atomic E-state index is 12.3. The van der Waals surface area contributed by atoms with Gasteiger partial charge in [-0.15, -0.1) is 0 Å². The lowest BCUT2D eigenvalue weighted by Crippen LogP contribution is -2.29. The molecule has 0 saturated carbocycles. The number of hydrogen-bond acceptors (Lipinski definition) is 3. The normalized spacial score (nSPS) is 10.9. The summed E-state index contributed by atoms with van der Waals surface area (Å²) in [5.41, 5.74) is 3.88. The van der Waals surface area contributed by atoms with Crippen LogP contribution in [-0.2, 0) is 24.8 Å². The van der Waals surface area contributed by atoms with E-state index in [1.807, 2.05) is 83.3 Å². The third-order valence-electron chi connectivity index (χ3n) is 4.88. The molecule has 0 aliphatic rings. The van der Waals surface area contributed by atoms with Gasteiger partial charge in [-0.1, -0.05) is 54.1 Å². The second kappa shape index (κ2) is 8.97. The fraction of sp³-hybridized carbons (Fsp3) is 0.174. The lowest BCUT2D eigenvalue weighted by Gasteiger charge is -2.11. The van der Waals surface area contributed by atoms with E-state index >= 15 is 0 Å². The van der Waals surface area contributed by atoms with Crippen LogP contribution in [0, 0.1) is 0 Å². The van der Waals surface area contributed by atoms with E-state index in [2.05, 4.69) is 15.4 Å². The molecule has 0 radical (unpaired) electrons. The number of halogens is 1. The Hall–Kier alpha value is -3.38. The third kappa shape index (κ3) is 4.44. The highest BCUT2D eigenvalue weighted by Crippen LogP contribution is 2.31. The Morgan fingerprint density at radius 1 is 1.10 bits per heavy atom. The molecule has 0 aliphatic heterocycles. The van der Waals surface area contributed by atoms with Crippen molar-refractivity contribution in [1.82, 2.24) is 24.6 Å². The van der Waals surface area contributed by atoms with E-state index in [-0.39, 0.29) is 5.91 Å². The van der Waals surface area contributed by atoms with Crippen molar-refractivity contribution in [3.8, 4) is 22.6 Å². The summed E-state index contributed by atoms with van der Waals surface area (Å²) in [7, 11) is 1.95. The molecule has 6 nitrogen and oxygen atoms in total. The molecule has 0 fully saturated rings. The fourth-order valence-corrected chi connectivity index (χ4v) is 3.50. The van der Waals surface area contributed by atoms with Crippen LogP contribution in [0.4, 0.5) is 0 Å². The predicted octanol–water partition coefficient (Wildman–Crippen LogP) is 3.96. The zero-order valence-electron chi connectivity index (χ0n) is 16.6. The Kier molecular flexibility index (Phi) is 5.95. The summed E-state index contributed by atoms with van der Waals surface area (Å²) in [4.78, 5) is 16.8. The molecule has 4 rings (SSSR count). The Bertz CT molecular complexity index is 1130. The van der Waals surface area contributed by atoms with E-state index in [4.69, 9.17) is 11.6 Å². The Labute approximate surface area is 180 Å². The van der Waals surface area contributed by atoms with E-state index in [1.54, 1.807) is 6.20 Å². The Morgan fingerprint density at radius 2 is 1.87 bits per heavy atom. The summed E-state index contributed by atoms with van der Waals surface area (Å²) in [5, 5.41) is 8.24. The van der Waals surface area contributed by atoms with Gasteiger partial charge in [-0.25, -0.2) is 4.98 Å². The van der Waals surface area contributed by atoms with Gasteiger partial charge in [-0.3, -0.25) is 9.48 Å². The molecule has 2 aromatic heterocycles. The first kappa shape index (κ1) is 19.9. The summed E-state index contributed by atoms with van der Waals surface area (Å²) >= 11 is 6.05. The predicted molar refractivity (Wildman–Crippen MR) is 118 cm³/mol. The molecule has 1 N–H and O–H groups in total. The van der Waals surface area contributed by atoms with Gasteiger partial charge in [-0.05, 0) is 23.3 Å². The first-order valence-corrected chi connectivity index (χ1v) is 10.1. The molecule has 0 spiro atoms. The minimum atomic E-state index is -0.00942. The van der Waals surface area contributed by atoms with Gasteiger partial charge in [0.2, 0.25) is 5.91 Å². The number of carbonyl (C=O) groups is 1. The molecular formula is C23H22ClN5O. The maximum atomic E-state index is 12.3. The van der Waals surface area contributed by atoms with Crippen LogP contribution >= 0.6 is 11.6 Å². The standard InChI is InChI=1S/C23H22ClN5O/c1-28-13-11-26-23(28)22-20(18-7-9-19(24)10-8-18)16-27-29(22)14-12-25-21(30)15-17-5-3-2-4-6-17/h2-11,13,16H,12,14-15H2,1H3,(H,25,30). The first-order valence-electron chi connectivity index (χ1n) is 9.72. The molecule has 2 aromatic carbocycles. The molecule has 7 heteroatoms. The number of rotatable bonds is 7. The second-order valence-corrected chi connectivity index (χ2v) is 7.45. The van der Waals surface area contributed by atoms with Crippen molar-refractivity contribution in [2.75, 3.05) is 6.54 Å². The van der Waals surface area contributed by atoms with Crippen molar-refractivity contribution in [3.63, 3.8) is 0 Å². The molecule has 0 aliphatic carbocycles.